The molecule has 0 saturated heterocycles. The maximum Gasteiger partial charge on any atom is 0.124 e. The largest absolute Gasteiger partial charge is 0.327 e. The summed E-state index contributed by atoms with van der Waals surface area (Å²) in [6, 6.07) is 4.55. The number of hydrogen-bond donors (Lipinski definition) is 1. The average molecular weight is 230 g/mol. The summed E-state index contributed by atoms with van der Waals surface area (Å²) in [4.78, 5) is 0. The molecule has 0 radical (unpaired) electrons. The van der Waals surface area contributed by atoms with Crippen molar-refractivity contribution in [2.75, 3.05) is 0 Å². The number of hydrogen-bond acceptors (Lipinski definition) is 1. The van der Waals surface area contributed by atoms with Gasteiger partial charge in [0.15, 0.2) is 0 Å². The molecule has 0 spiro atoms. The van der Waals surface area contributed by atoms with Gasteiger partial charge >= 0.3 is 0 Å². The monoisotopic (exact) mass is 229 g/mol. The van der Waals surface area contributed by atoms with Gasteiger partial charge in [0, 0.05) is 11.1 Å². The summed E-state index contributed by atoms with van der Waals surface area (Å²) in [5.41, 5.74) is 6.88. The zero-order chi connectivity index (χ0) is 11.4. The lowest BCUT2D eigenvalue weighted by Crippen LogP contribution is -2.24. The normalized spacial score (nSPS) is 13.2. The van der Waals surface area contributed by atoms with Crippen LogP contribution in [0.5, 0.6) is 0 Å². The van der Waals surface area contributed by atoms with Crippen LogP contribution in [-0.2, 0) is 6.42 Å². The first-order chi connectivity index (χ1) is 6.99. The third-order valence-corrected chi connectivity index (χ3v) is 2.62. The zero-order valence-electron chi connectivity index (χ0n) is 9.13. The highest BCUT2D eigenvalue weighted by Gasteiger charge is 2.09. The van der Waals surface area contributed by atoms with Gasteiger partial charge in [-0.15, -0.1) is 0 Å². The Labute approximate surface area is 95.4 Å². The van der Waals surface area contributed by atoms with Crippen molar-refractivity contribution in [3.63, 3.8) is 0 Å². The molecule has 1 aromatic rings. The smallest absolute Gasteiger partial charge is 0.124 e. The first kappa shape index (κ1) is 12.5. The Bertz CT molecular complexity index is 325. The predicted molar refractivity (Wildman–Crippen MR) is 62.5 cm³/mol. The Morgan fingerprint density at radius 1 is 1.40 bits per heavy atom. The quantitative estimate of drug-likeness (QED) is 0.842. The van der Waals surface area contributed by atoms with Gasteiger partial charge in [0.05, 0.1) is 0 Å². The average Bonchev–Trinajstić information content (AvgIpc) is 2.08. The van der Waals surface area contributed by atoms with Crippen molar-refractivity contribution < 1.29 is 4.39 Å². The van der Waals surface area contributed by atoms with Crippen LogP contribution >= 0.6 is 11.6 Å². The van der Waals surface area contributed by atoms with E-state index >= 15 is 0 Å². The lowest BCUT2D eigenvalue weighted by molar-refractivity contribution is 0.493. The molecular formula is C12H17ClFN. The second kappa shape index (κ2) is 5.47. The zero-order valence-corrected chi connectivity index (χ0v) is 9.89. The summed E-state index contributed by atoms with van der Waals surface area (Å²) in [5.74, 6) is 0.264. The molecule has 2 N–H and O–H groups in total. The summed E-state index contributed by atoms with van der Waals surface area (Å²) in [5, 5.41) is 0.467. The van der Waals surface area contributed by atoms with E-state index in [9.17, 15) is 4.39 Å². The number of rotatable bonds is 4. The predicted octanol–water partition coefficient (Wildman–Crippen LogP) is 3.40. The molecule has 0 aliphatic heterocycles. The van der Waals surface area contributed by atoms with Crippen LogP contribution in [0, 0.1) is 11.7 Å². The fraction of sp³-hybridized carbons (Fsp3) is 0.500. The second-order valence-corrected chi connectivity index (χ2v) is 4.74. The van der Waals surface area contributed by atoms with E-state index in [0.717, 1.165) is 12.0 Å². The van der Waals surface area contributed by atoms with E-state index in [1.54, 1.807) is 6.07 Å². The minimum atomic E-state index is -0.304. The molecule has 1 rings (SSSR count). The van der Waals surface area contributed by atoms with Crippen molar-refractivity contribution in [2.45, 2.75) is 32.7 Å². The van der Waals surface area contributed by atoms with Crippen molar-refractivity contribution in [3.8, 4) is 0 Å². The van der Waals surface area contributed by atoms with Crippen molar-refractivity contribution in [1.29, 1.82) is 0 Å². The SMILES string of the molecule is CC(C)CC(N)Cc1ccc(F)cc1Cl. The molecule has 15 heavy (non-hydrogen) atoms. The van der Waals surface area contributed by atoms with E-state index in [0.29, 0.717) is 17.4 Å². The summed E-state index contributed by atoms with van der Waals surface area (Å²) in [6.07, 6.45) is 1.66. The topological polar surface area (TPSA) is 26.0 Å². The highest BCUT2D eigenvalue weighted by molar-refractivity contribution is 6.31. The van der Waals surface area contributed by atoms with Crippen LogP contribution in [0.2, 0.25) is 5.02 Å². The second-order valence-electron chi connectivity index (χ2n) is 4.33. The molecule has 1 unspecified atom stereocenters. The number of halogens is 2. The van der Waals surface area contributed by atoms with Crippen LogP contribution in [0.25, 0.3) is 0 Å². The van der Waals surface area contributed by atoms with Gasteiger partial charge in [-0.1, -0.05) is 31.5 Å². The molecule has 0 amide bonds. The molecule has 1 nitrogen and oxygen atoms in total. The molecule has 1 atom stereocenters. The Hall–Kier alpha value is -0.600. The van der Waals surface area contributed by atoms with Gasteiger partial charge in [-0.25, -0.2) is 4.39 Å². The van der Waals surface area contributed by atoms with Crippen LogP contribution in [0.1, 0.15) is 25.8 Å². The summed E-state index contributed by atoms with van der Waals surface area (Å²) in [7, 11) is 0. The van der Waals surface area contributed by atoms with E-state index in [1.807, 2.05) is 0 Å². The van der Waals surface area contributed by atoms with Crippen LogP contribution in [0.15, 0.2) is 18.2 Å². The van der Waals surface area contributed by atoms with E-state index in [4.69, 9.17) is 17.3 Å². The lowest BCUT2D eigenvalue weighted by atomic mass is 9.98. The molecule has 3 heteroatoms. The lowest BCUT2D eigenvalue weighted by Gasteiger charge is -2.14. The number of benzene rings is 1. The first-order valence-corrected chi connectivity index (χ1v) is 5.56. The Kier molecular flexibility index (Phi) is 4.55. The molecule has 0 saturated carbocycles. The molecule has 84 valence electrons. The van der Waals surface area contributed by atoms with Gasteiger partial charge < -0.3 is 5.73 Å². The highest BCUT2D eigenvalue weighted by Crippen LogP contribution is 2.19. The van der Waals surface area contributed by atoms with Gasteiger partial charge in [0.1, 0.15) is 5.82 Å². The highest BCUT2D eigenvalue weighted by atomic mass is 35.5. The molecule has 0 heterocycles. The van der Waals surface area contributed by atoms with Crippen molar-refractivity contribution in [3.05, 3.63) is 34.6 Å². The third kappa shape index (κ3) is 4.18. The third-order valence-electron chi connectivity index (χ3n) is 2.27. The Balaban J connectivity index is 2.64. The molecule has 0 bridgehead atoms. The molecule has 0 aliphatic carbocycles. The van der Waals surface area contributed by atoms with E-state index in [-0.39, 0.29) is 11.9 Å². The Morgan fingerprint density at radius 2 is 2.07 bits per heavy atom. The maximum absolute atomic E-state index is 12.8. The minimum Gasteiger partial charge on any atom is -0.327 e. The van der Waals surface area contributed by atoms with Crippen molar-refractivity contribution in [1.82, 2.24) is 0 Å². The molecular weight excluding hydrogens is 213 g/mol. The van der Waals surface area contributed by atoms with Gasteiger partial charge in [-0.2, -0.15) is 0 Å². The minimum absolute atomic E-state index is 0.0907. The maximum atomic E-state index is 12.8. The van der Waals surface area contributed by atoms with E-state index in [1.165, 1.54) is 12.1 Å². The first-order valence-electron chi connectivity index (χ1n) is 5.18. The van der Waals surface area contributed by atoms with Crippen LogP contribution in [0.4, 0.5) is 4.39 Å². The molecule has 1 aromatic carbocycles. The van der Waals surface area contributed by atoms with Gasteiger partial charge in [-0.05, 0) is 36.5 Å². The van der Waals surface area contributed by atoms with E-state index < -0.39 is 0 Å². The fourth-order valence-electron chi connectivity index (χ4n) is 1.66. The fourth-order valence-corrected chi connectivity index (χ4v) is 1.90. The molecule has 0 fully saturated rings. The summed E-state index contributed by atoms with van der Waals surface area (Å²) >= 11 is 5.91. The van der Waals surface area contributed by atoms with Gasteiger partial charge in [0.2, 0.25) is 0 Å². The number of nitrogens with two attached hydrogens (primary N) is 1. The molecule has 0 aliphatic rings. The Morgan fingerprint density at radius 3 is 2.60 bits per heavy atom. The summed E-state index contributed by atoms with van der Waals surface area (Å²) in [6.45, 7) is 4.26. The van der Waals surface area contributed by atoms with Crippen molar-refractivity contribution in [2.24, 2.45) is 11.7 Å². The van der Waals surface area contributed by atoms with Crippen LogP contribution in [0.3, 0.4) is 0 Å². The summed E-state index contributed by atoms with van der Waals surface area (Å²) < 4.78 is 12.8. The van der Waals surface area contributed by atoms with Gasteiger partial charge in [-0.3, -0.25) is 0 Å². The van der Waals surface area contributed by atoms with E-state index in [2.05, 4.69) is 13.8 Å². The standard InChI is InChI=1S/C12H17ClFN/c1-8(2)5-11(15)6-9-3-4-10(14)7-12(9)13/h3-4,7-8,11H,5-6,15H2,1-2H3. The van der Waals surface area contributed by atoms with Crippen LogP contribution in [-0.4, -0.2) is 6.04 Å². The molecule has 0 aromatic heterocycles. The van der Waals surface area contributed by atoms with Crippen molar-refractivity contribution >= 4 is 11.6 Å². The van der Waals surface area contributed by atoms with Crippen LogP contribution < -0.4 is 5.73 Å². The van der Waals surface area contributed by atoms with Gasteiger partial charge in [0.25, 0.3) is 0 Å².